The SMILES string of the molecule is Cc1ccc(N(C)CC2CCNC2)nc1.Cl. The van der Waals surface area contributed by atoms with Gasteiger partial charge >= 0.3 is 0 Å². The fourth-order valence-electron chi connectivity index (χ4n) is 2.04. The summed E-state index contributed by atoms with van der Waals surface area (Å²) in [7, 11) is 2.12. The molecule has 1 aromatic rings. The van der Waals surface area contributed by atoms with Crippen LogP contribution in [0.2, 0.25) is 0 Å². The zero-order chi connectivity index (χ0) is 10.7. The predicted molar refractivity (Wildman–Crippen MR) is 70.5 cm³/mol. The molecular weight excluding hydrogens is 222 g/mol. The van der Waals surface area contributed by atoms with Gasteiger partial charge in [-0.05, 0) is 44.0 Å². The third kappa shape index (κ3) is 3.35. The summed E-state index contributed by atoms with van der Waals surface area (Å²) >= 11 is 0. The van der Waals surface area contributed by atoms with E-state index in [2.05, 4.69) is 41.3 Å². The molecule has 1 unspecified atom stereocenters. The summed E-state index contributed by atoms with van der Waals surface area (Å²) in [6.07, 6.45) is 3.22. The predicted octanol–water partition coefficient (Wildman–Crippen LogP) is 1.86. The maximum atomic E-state index is 4.43. The third-order valence-electron chi connectivity index (χ3n) is 2.98. The van der Waals surface area contributed by atoms with Crippen molar-refractivity contribution in [2.45, 2.75) is 13.3 Å². The minimum atomic E-state index is 0. The van der Waals surface area contributed by atoms with Gasteiger partial charge in [0.2, 0.25) is 0 Å². The van der Waals surface area contributed by atoms with Crippen LogP contribution in [-0.4, -0.2) is 31.7 Å². The van der Waals surface area contributed by atoms with Crippen molar-refractivity contribution in [1.29, 1.82) is 0 Å². The molecule has 90 valence electrons. The number of hydrogen-bond donors (Lipinski definition) is 1. The van der Waals surface area contributed by atoms with Crippen LogP contribution in [0.25, 0.3) is 0 Å². The second-order valence-electron chi connectivity index (χ2n) is 4.43. The standard InChI is InChI=1S/C12H19N3.ClH/c1-10-3-4-12(14-7-10)15(2)9-11-5-6-13-8-11;/h3-4,7,11,13H,5-6,8-9H2,1-2H3;1H. The van der Waals surface area contributed by atoms with Crippen molar-refractivity contribution in [3.63, 3.8) is 0 Å². The molecule has 0 saturated carbocycles. The quantitative estimate of drug-likeness (QED) is 0.876. The second-order valence-corrected chi connectivity index (χ2v) is 4.43. The lowest BCUT2D eigenvalue weighted by Gasteiger charge is -2.21. The van der Waals surface area contributed by atoms with Crippen LogP contribution in [0.5, 0.6) is 0 Å². The summed E-state index contributed by atoms with van der Waals surface area (Å²) in [6, 6.07) is 4.21. The lowest BCUT2D eigenvalue weighted by molar-refractivity contribution is 0.576. The van der Waals surface area contributed by atoms with E-state index in [1.54, 1.807) is 0 Å². The molecule has 3 nitrogen and oxygen atoms in total. The van der Waals surface area contributed by atoms with E-state index in [4.69, 9.17) is 0 Å². The minimum Gasteiger partial charge on any atom is -0.359 e. The van der Waals surface area contributed by atoms with Gasteiger partial charge in [0.15, 0.2) is 0 Å². The highest BCUT2D eigenvalue weighted by Gasteiger charge is 2.16. The summed E-state index contributed by atoms with van der Waals surface area (Å²) in [5, 5.41) is 3.39. The summed E-state index contributed by atoms with van der Waals surface area (Å²) in [6.45, 7) is 5.48. The number of nitrogens with one attached hydrogen (secondary N) is 1. The van der Waals surface area contributed by atoms with Gasteiger partial charge in [0.1, 0.15) is 5.82 Å². The van der Waals surface area contributed by atoms with E-state index in [9.17, 15) is 0 Å². The molecule has 2 rings (SSSR count). The number of halogens is 1. The van der Waals surface area contributed by atoms with Crippen LogP contribution >= 0.6 is 12.4 Å². The third-order valence-corrected chi connectivity index (χ3v) is 2.98. The van der Waals surface area contributed by atoms with Crippen molar-refractivity contribution in [2.75, 3.05) is 31.6 Å². The first-order valence-corrected chi connectivity index (χ1v) is 5.60. The Labute approximate surface area is 104 Å². The zero-order valence-electron chi connectivity index (χ0n) is 9.94. The van der Waals surface area contributed by atoms with Gasteiger partial charge in [0.05, 0.1) is 0 Å². The fourth-order valence-corrected chi connectivity index (χ4v) is 2.04. The van der Waals surface area contributed by atoms with Gasteiger partial charge in [-0.15, -0.1) is 12.4 Å². The van der Waals surface area contributed by atoms with Gasteiger partial charge in [-0.2, -0.15) is 0 Å². The van der Waals surface area contributed by atoms with E-state index in [0.29, 0.717) is 0 Å². The van der Waals surface area contributed by atoms with E-state index in [-0.39, 0.29) is 12.4 Å². The molecule has 16 heavy (non-hydrogen) atoms. The topological polar surface area (TPSA) is 28.2 Å². The van der Waals surface area contributed by atoms with Gasteiger partial charge < -0.3 is 10.2 Å². The largest absolute Gasteiger partial charge is 0.359 e. The molecule has 1 aliphatic rings. The van der Waals surface area contributed by atoms with Crippen LogP contribution in [-0.2, 0) is 0 Å². The number of anilines is 1. The van der Waals surface area contributed by atoms with Crippen LogP contribution in [0.4, 0.5) is 5.82 Å². The fraction of sp³-hybridized carbons (Fsp3) is 0.583. The van der Waals surface area contributed by atoms with E-state index in [1.165, 1.54) is 18.5 Å². The average Bonchev–Trinajstić information content (AvgIpc) is 2.71. The Balaban J connectivity index is 0.00000128. The van der Waals surface area contributed by atoms with Crippen LogP contribution < -0.4 is 10.2 Å². The average molecular weight is 242 g/mol. The molecule has 0 aliphatic carbocycles. The summed E-state index contributed by atoms with van der Waals surface area (Å²) in [5.74, 6) is 1.85. The van der Waals surface area contributed by atoms with Gasteiger partial charge in [-0.3, -0.25) is 0 Å². The molecule has 2 heterocycles. The molecule has 0 amide bonds. The van der Waals surface area contributed by atoms with E-state index < -0.39 is 0 Å². The summed E-state index contributed by atoms with van der Waals surface area (Å²) in [5.41, 5.74) is 1.22. The molecule has 1 aromatic heterocycles. The van der Waals surface area contributed by atoms with Crippen molar-refractivity contribution < 1.29 is 0 Å². The minimum absolute atomic E-state index is 0. The maximum Gasteiger partial charge on any atom is 0.128 e. The van der Waals surface area contributed by atoms with Crippen molar-refractivity contribution >= 4 is 18.2 Å². The molecule has 1 aliphatic heterocycles. The Hall–Kier alpha value is -0.800. The number of nitrogens with zero attached hydrogens (tertiary/aromatic N) is 2. The van der Waals surface area contributed by atoms with Crippen molar-refractivity contribution in [3.05, 3.63) is 23.9 Å². The van der Waals surface area contributed by atoms with E-state index in [1.807, 2.05) is 6.20 Å². The molecular formula is C12H20ClN3. The highest BCUT2D eigenvalue weighted by molar-refractivity contribution is 5.85. The lowest BCUT2D eigenvalue weighted by atomic mass is 10.1. The summed E-state index contributed by atoms with van der Waals surface area (Å²) in [4.78, 5) is 6.67. The molecule has 1 fully saturated rings. The number of aryl methyl sites for hydroxylation is 1. The monoisotopic (exact) mass is 241 g/mol. The maximum absolute atomic E-state index is 4.43. The Morgan fingerprint density at radius 3 is 2.88 bits per heavy atom. The zero-order valence-corrected chi connectivity index (χ0v) is 10.8. The first kappa shape index (κ1) is 13.3. The highest BCUT2D eigenvalue weighted by Crippen LogP contribution is 2.14. The first-order valence-electron chi connectivity index (χ1n) is 5.60. The molecule has 1 N–H and O–H groups in total. The van der Waals surface area contributed by atoms with Crippen LogP contribution in [0.1, 0.15) is 12.0 Å². The Kier molecular flexibility index (Phi) is 5.03. The number of aromatic nitrogens is 1. The van der Waals surface area contributed by atoms with Crippen molar-refractivity contribution in [1.82, 2.24) is 10.3 Å². The van der Waals surface area contributed by atoms with Gasteiger partial charge in [0.25, 0.3) is 0 Å². The van der Waals surface area contributed by atoms with E-state index in [0.717, 1.165) is 24.8 Å². The van der Waals surface area contributed by atoms with Crippen LogP contribution in [0, 0.1) is 12.8 Å². The second kappa shape index (κ2) is 6.06. The lowest BCUT2D eigenvalue weighted by Crippen LogP contribution is -2.27. The Bertz CT molecular complexity index is 307. The van der Waals surface area contributed by atoms with E-state index >= 15 is 0 Å². The van der Waals surface area contributed by atoms with Crippen LogP contribution in [0.3, 0.4) is 0 Å². The van der Waals surface area contributed by atoms with Gasteiger partial charge in [-0.1, -0.05) is 6.07 Å². The molecule has 0 spiro atoms. The smallest absolute Gasteiger partial charge is 0.128 e. The molecule has 0 radical (unpaired) electrons. The van der Waals surface area contributed by atoms with Gasteiger partial charge in [0, 0.05) is 19.8 Å². The Morgan fingerprint density at radius 1 is 1.50 bits per heavy atom. The van der Waals surface area contributed by atoms with Crippen molar-refractivity contribution in [2.24, 2.45) is 5.92 Å². The Morgan fingerprint density at radius 2 is 2.31 bits per heavy atom. The first-order chi connectivity index (χ1) is 7.25. The van der Waals surface area contributed by atoms with Crippen LogP contribution in [0.15, 0.2) is 18.3 Å². The number of rotatable bonds is 3. The van der Waals surface area contributed by atoms with Crippen molar-refractivity contribution in [3.8, 4) is 0 Å². The number of hydrogen-bond acceptors (Lipinski definition) is 3. The molecule has 1 saturated heterocycles. The normalized spacial score (nSPS) is 19.2. The van der Waals surface area contributed by atoms with Gasteiger partial charge in [-0.25, -0.2) is 4.98 Å². The summed E-state index contributed by atoms with van der Waals surface area (Å²) < 4.78 is 0. The highest BCUT2D eigenvalue weighted by atomic mass is 35.5. The number of pyridine rings is 1. The molecule has 4 heteroatoms. The molecule has 0 bridgehead atoms. The molecule has 0 aromatic carbocycles. The molecule has 1 atom stereocenters.